The van der Waals surface area contributed by atoms with Crippen LogP contribution in [-0.2, 0) is 9.53 Å². The SMILES string of the molecule is COc1ccc(NC(=O)C(F)(F)[C@@]2(F)OC(F)(F)C(F)(F)C2(F)F)c(OC)c1. The maximum absolute atomic E-state index is 14.1. The summed E-state index contributed by atoms with van der Waals surface area (Å²) in [6, 6.07) is 2.96. The van der Waals surface area contributed by atoms with Crippen molar-refractivity contribution < 1.29 is 58.5 Å². The average molecular weight is 427 g/mol. The van der Waals surface area contributed by atoms with E-state index in [0.717, 1.165) is 25.3 Å². The second-order valence-electron chi connectivity index (χ2n) is 5.46. The van der Waals surface area contributed by atoms with Gasteiger partial charge in [0.25, 0.3) is 0 Å². The van der Waals surface area contributed by atoms with Crippen molar-refractivity contribution >= 4 is 11.6 Å². The molecule has 0 spiro atoms. The second-order valence-corrected chi connectivity index (χ2v) is 5.46. The van der Waals surface area contributed by atoms with Crippen molar-refractivity contribution in [2.24, 2.45) is 0 Å². The number of anilines is 1. The minimum atomic E-state index is -6.76. The van der Waals surface area contributed by atoms with Gasteiger partial charge in [0.05, 0.1) is 19.9 Å². The molecule has 1 aromatic carbocycles. The van der Waals surface area contributed by atoms with Crippen LogP contribution in [0.15, 0.2) is 18.2 Å². The van der Waals surface area contributed by atoms with Gasteiger partial charge in [0.1, 0.15) is 11.5 Å². The molecule has 0 saturated carbocycles. The number of alkyl halides is 9. The van der Waals surface area contributed by atoms with E-state index in [-0.39, 0.29) is 11.5 Å². The lowest BCUT2D eigenvalue weighted by Crippen LogP contribution is -2.63. The number of ether oxygens (including phenoxy) is 3. The monoisotopic (exact) mass is 427 g/mol. The number of carbonyl (C=O) groups excluding carboxylic acids is 1. The topological polar surface area (TPSA) is 56.8 Å². The average Bonchev–Trinajstić information content (AvgIpc) is 2.69. The number of amides is 1. The molecule has 14 heteroatoms. The van der Waals surface area contributed by atoms with E-state index in [9.17, 15) is 44.3 Å². The van der Waals surface area contributed by atoms with Crippen molar-refractivity contribution in [1.29, 1.82) is 0 Å². The molecule has 1 aliphatic heterocycles. The van der Waals surface area contributed by atoms with Crippen LogP contribution in [0.5, 0.6) is 11.5 Å². The molecular formula is C14H10F9NO4. The van der Waals surface area contributed by atoms with Crippen molar-refractivity contribution in [2.75, 3.05) is 19.5 Å². The van der Waals surface area contributed by atoms with Gasteiger partial charge in [0.15, 0.2) is 0 Å². The Balaban J connectivity index is 2.43. The van der Waals surface area contributed by atoms with Crippen LogP contribution in [0.1, 0.15) is 0 Å². The van der Waals surface area contributed by atoms with Gasteiger partial charge in [-0.15, -0.1) is 0 Å². The molecule has 0 bridgehead atoms. The minimum absolute atomic E-state index is 0.0912. The molecule has 158 valence electrons. The van der Waals surface area contributed by atoms with E-state index < -0.39 is 41.3 Å². The Labute approximate surface area is 150 Å². The van der Waals surface area contributed by atoms with Crippen LogP contribution >= 0.6 is 0 Å². The molecule has 1 heterocycles. The molecule has 0 aliphatic carbocycles. The van der Waals surface area contributed by atoms with E-state index in [0.29, 0.717) is 0 Å². The second kappa shape index (κ2) is 6.32. The maximum Gasteiger partial charge on any atom is 0.428 e. The molecule has 1 aliphatic rings. The molecule has 0 unspecified atom stereocenters. The summed E-state index contributed by atoms with van der Waals surface area (Å²) >= 11 is 0. The number of methoxy groups -OCH3 is 2. The lowest BCUT2D eigenvalue weighted by molar-refractivity contribution is -0.366. The molecule has 1 amide bonds. The predicted octanol–water partition coefficient (Wildman–Crippen LogP) is 3.84. The van der Waals surface area contributed by atoms with Gasteiger partial charge in [-0.1, -0.05) is 0 Å². The molecule has 1 saturated heterocycles. The number of hydrogen-bond acceptors (Lipinski definition) is 4. The lowest BCUT2D eigenvalue weighted by atomic mass is 9.99. The fourth-order valence-corrected chi connectivity index (χ4v) is 2.20. The zero-order valence-corrected chi connectivity index (χ0v) is 13.8. The van der Waals surface area contributed by atoms with E-state index in [1.54, 1.807) is 0 Å². The van der Waals surface area contributed by atoms with Crippen molar-refractivity contribution in [2.45, 2.75) is 29.7 Å². The summed E-state index contributed by atoms with van der Waals surface area (Å²) in [5, 5.41) is 1.23. The number of rotatable bonds is 5. The van der Waals surface area contributed by atoms with Crippen LogP contribution in [0, 0.1) is 0 Å². The third kappa shape index (κ3) is 2.72. The number of halogens is 9. The summed E-state index contributed by atoms with van der Waals surface area (Å²) in [6.45, 7) is 0. The summed E-state index contributed by atoms with van der Waals surface area (Å²) in [5.41, 5.74) is -0.656. The van der Waals surface area contributed by atoms with Gasteiger partial charge in [-0.25, -0.2) is 0 Å². The molecule has 2 rings (SSSR count). The van der Waals surface area contributed by atoms with Gasteiger partial charge in [-0.05, 0) is 12.1 Å². The molecule has 1 aromatic rings. The zero-order valence-electron chi connectivity index (χ0n) is 13.8. The Kier molecular flexibility index (Phi) is 4.95. The Morgan fingerprint density at radius 1 is 1.00 bits per heavy atom. The zero-order chi connectivity index (χ0) is 21.8. The minimum Gasteiger partial charge on any atom is -0.497 e. The van der Waals surface area contributed by atoms with Gasteiger partial charge in [-0.3, -0.25) is 9.53 Å². The summed E-state index contributed by atoms with van der Waals surface area (Å²) in [5.74, 6) is -29.2. The molecule has 1 fully saturated rings. The van der Waals surface area contributed by atoms with Crippen LogP contribution in [0.2, 0.25) is 0 Å². The highest BCUT2D eigenvalue weighted by atomic mass is 19.4. The molecule has 28 heavy (non-hydrogen) atoms. The highest BCUT2D eigenvalue weighted by Crippen LogP contribution is 2.64. The quantitative estimate of drug-likeness (QED) is 0.726. The van der Waals surface area contributed by atoms with E-state index >= 15 is 0 Å². The smallest absolute Gasteiger partial charge is 0.428 e. The Bertz CT molecular complexity index is 786. The van der Waals surface area contributed by atoms with Crippen molar-refractivity contribution in [3.05, 3.63) is 18.2 Å². The normalized spacial score (nSPS) is 25.2. The molecule has 5 nitrogen and oxygen atoms in total. The van der Waals surface area contributed by atoms with E-state index in [4.69, 9.17) is 9.47 Å². The van der Waals surface area contributed by atoms with E-state index in [1.807, 2.05) is 0 Å². The van der Waals surface area contributed by atoms with Crippen molar-refractivity contribution in [3.8, 4) is 11.5 Å². The summed E-state index contributed by atoms with van der Waals surface area (Å²) in [6.07, 6.45) is -6.31. The van der Waals surface area contributed by atoms with Crippen LogP contribution in [-0.4, -0.2) is 49.9 Å². The third-order valence-electron chi connectivity index (χ3n) is 3.78. The van der Waals surface area contributed by atoms with Crippen molar-refractivity contribution in [1.82, 2.24) is 0 Å². The number of nitrogens with one attached hydrogen (secondary N) is 1. The first-order valence-electron chi connectivity index (χ1n) is 7.03. The number of hydrogen-bond donors (Lipinski definition) is 1. The first kappa shape index (κ1) is 21.9. The highest BCUT2D eigenvalue weighted by Gasteiger charge is 2.96. The Morgan fingerprint density at radius 3 is 2.00 bits per heavy atom. The fourth-order valence-electron chi connectivity index (χ4n) is 2.20. The van der Waals surface area contributed by atoms with Crippen LogP contribution in [0.25, 0.3) is 0 Å². The van der Waals surface area contributed by atoms with E-state index in [2.05, 4.69) is 4.74 Å². The first-order valence-corrected chi connectivity index (χ1v) is 7.03. The van der Waals surface area contributed by atoms with Crippen LogP contribution < -0.4 is 14.8 Å². The van der Waals surface area contributed by atoms with Crippen LogP contribution in [0.4, 0.5) is 45.2 Å². The number of benzene rings is 1. The van der Waals surface area contributed by atoms with Gasteiger partial charge < -0.3 is 14.8 Å². The third-order valence-corrected chi connectivity index (χ3v) is 3.78. The van der Waals surface area contributed by atoms with Crippen LogP contribution in [0.3, 0.4) is 0 Å². The highest BCUT2D eigenvalue weighted by molar-refractivity contribution is 5.98. The standard InChI is InChI=1S/C14H10F9NO4/c1-26-6-3-4-7(8(5-6)27-2)24-9(25)10(15,16)13(21)11(17,18)12(19,20)14(22,23)28-13/h3-5H,1-2H3,(H,24,25)/t13-/m1/s1. The van der Waals surface area contributed by atoms with Gasteiger partial charge in [-0.2, -0.15) is 39.5 Å². The number of carbonyl (C=O) groups is 1. The molecule has 0 aromatic heterocycles. The Morgan fingerprint density at radius 2 is 1.57 bits per heavy atom. The first-order chi connectivity index (χ1) is 12.6. The van der Waals surface area contributed by atoms with E-state index in [1.165, 1.54) is 12.4 Å². The Hall–Kier alpha value is -2.38. The summed E-state index contributed by atoms with van der Waals surface area (Å²) < 4.78 is 133. The van der Waals surface area contributed by atoms with Gasteiger partial charge in [0, 0.05) is 6.07 Å². The fraction of sp³-hybridized carbons (Fsp3) is 0.500. The largest absolute Gasteiger partial charge is 0.497 e. The summed E-state index contributed by atoms with van der Waals surface area (Å²) in [4.78, 5) is 11.7. The van der Waals surface area contributed by atoms with Gasteiger partial charge in [0.2, 0.25) is 0 Å². The molecule has 0 radical (unpaired) electrons. The lowest BCUT2D eigenvalue weighted by Gasteiger charge is -2.31. The van der Waals surface area contributed by atoms with Crippen molar-refractivity contribution in [3.63, 3.8) is 0 Å². The summed E-state index contributed by atoms with van der Waals surface area (Å²) in [7, 11) is 2.20. The molecule has 1 atom stereocenters. The van der Waals surface area contributed by atoms with Gasteiger partial charge >= 0.3 is 35.6 Å². The molecular weight excluding hydrogens is 417 g/mol. The maximum atomic E-state index is 14.1. The molecule has 1 N–H and O–H groups in total. The predicted molar refractivity (Wildman–Crippen MR) is 72.9 cm³/mol.